The van der Waals surface area contributed by atoms with Crippen LogP contribution in [0.25, 0.3) is 0 Å². The number of rotatable bonds is 4. The van der Waals surface area contributed by atoms with E-state index in [9.17, 15) is 9.90 Å². The summed E-state index contributed by atoms with van der Waals surface area (Å²) >= 11 is 0. The molecule has 2 heterocycles. The molecule has 2 rings (SSSR count). The quantitative estimate of drug-likeness (QED) is 0.894. The van der Waals surface area contributed by atoms with Crippen LogP contribution in [-0.4, -0.2) is 21.0 Å². The van der Waals surface area contributed by atoms with Crippen molar-refractivity contribution < 1.29 is 9.90 Å². The zero-order valence-corrected chi connectivity index (χ0v) is 11.8. The van der Waals surface area contributed by atoms with Crippen LogP contribution in [-0.2, 0) is 6.54 Å². The number of nitrogens with zero attached hydrogens (tertiary/aromatic N) is 2. The topological polar surface area (TPSA) is 75.1 Å². The van der Waals surface area contributed by atoms with Crippen LogP contribution in [0.1, 0.15) is 32.9 Å². The second-order valence-corrected chi connectivity index (χ2v) is 4.73. The van der Waals surface area contributed by atoms with E-state index in [2.05, 4.69) is 15.3 Å². The molecule has 0 spiro atoms. The Kier molecular flexibility index (Phi) is 3.98. The largest absolute Gasteiger partial charge is 0.478 e. The number of nitrogens with one attached hydrogen (secondary N) is 1. The standard InChI is InChI=1S/C15H17N3O2/c1-9-7-16-5-4-12(9)8-17-13-6-10(2)18-11(3)14(13)15(19)20/h4-7H,8H2,1-3H3,(H,17,18)(H,19,20). The van der Waals surface area contributed by atoms with E-state index in [1.165, 1.54) is 0 Å². The van der Waals surface area contributed by atoms with Crippen molar-refractivity contribution in [2.45, 2.75) is 27.3 Å². The highest BCUT2D eigenvalue weighted by atomic mass is 16.4. The third kappa shape index (κ3) is 2.93. The molecule has 0 aliphatic rings. The van der Waals surface area contributed by atoms with E-state index in [1.54, 1.807) is 25.4 Å². The van der Waals surface area contributed by atoms with Gasteiger partial charge in [0.2, 0.25) is 0 Å². The molecule has 20 heavy (non-hydrogen) atoms. The lowest BCUT2D eigenvalue weighted by molar-refractivity contribution is 0.0696. The maximum absolute atomic E-state index is 11.3. The monoisotopic (exact) mass is 271 g/mol. The predicted molar refractivity (Wildman–Crippen MR) is 77.0 cm³/mol. The third-order valence-electron chi connectivity index (χ3n) is 3.15. The first kappa shape index (κ1) is 14.0. The van der Waals surface area contributed by atoms with Crippen LogP contribution in [0.15, 0.2) is 24.5 Å². The van der Waals surface area contributed by atoms with Crippen molar-refractivity contribution in [3.8, 4) is 0 Å². The summed E-state index contributed by atoms with van der Waals surface area (Å²) in [5, 5.41) is 12.5. The van der Waals surface area contributed by atoms with Gasteiger partial charge in [-0.1, -0.05) is 0 Å². The minimum absolute atomic E-state index is 0.224. The van der Waals surface area contributed by atoms with Crippen molar-refractivity contribution >= 4 is 11.7 Å². The molecule has 2 N–H and O–H groups in total. The van der Waals surface area contributed by atoms with Crippen LogP contribution in [0.3, 0.4) is 0 Å². The van der Waals surface area contributed by atoms with Crippen LogP contribution >= 0.6 is 0 Å². The van der Waals surface area contributed by atoms with Crippen molar-refractivity contribution in [1.29, 1.82) is 0 Å². The number of carboxylic acid groups (broad SMARTS) is 1. The first-order chi connectivity index (χ1) is 9.49. The van der Waals surface area contributed by atoms with Crippen molar-refractivity contribution in [2.24, 2.45) is 0 Å². The first-order valence-corrected chi connectivity index (χ1v) is 6.34. The molecular weight excluding hydrogens is 254 g/mol. The van der Waals surface area contributed by atoms with E-state index in [0.717, 1.165) is 16.8 Å². The zero-order valence-electron chi connectivity index (χ0n) is 11.8. The van der Waals surface area contributed by atoms with Gasteiger partial charge in [0.05, 0.1) is 11.4 Å². The van der Waals surface area contributed by atoms with Gasteiger partial charge in [-0.25, -0.2) is 4.79 Å². The van der Waals surface area contributed by atoms with Crippen molar-refractivity contribution in [2.75, 3.05) is 5.32 Å². The molecule has 0 atom stereocenters. The fraction of sp³-hybridized carbons (Fsp3) is 0.267. The molecule has 0 amide bonds. The van der Waals surface area contributed by atoms with Gasteiger partial charge in [-0.3, -0.25) is 9.97 Å². The van der Waals surface area contributed by atoms with Gasteiger partial charge in [0.1, 0.15) is 5.56 Å². The highest BCUT2D eigenvalue weighted by molar-refractivity contribution is 5.95. The molecular formula is C15H17N3O2. The number of carbonyl (C=O) groups is 1. The average Bonchev–Trinajstić information content (AvgIpc) is 2.36. The highest BCUT2D eigenvalue weighted by Crippen LogP contribution is 2.21. The van der Waals surface area contributed by atoms with Crippen LogP contribution in [0.2, 0.25) is 0 Å². The second kappa shape index (κ2) is 5.69. The molecule has 2 aromatic heterocycles. The summed E-state index contributed by atoms with van der Waals surface area (Å²) in [5.74, 6) is -0.969. The van der Waals surface area contributed by atoms with Crippen LogP contribution in [0, 0.1) is 20.8 Å². The van der Waals surface area contributed by atoms with E-state index in [4.69, 9.17) is 0 Å². The fourth-order valence-corrected chi connectivity index (χ4v) is 2.13. The number of anilines is 1. The number of aryl methyl sites for hydroxylation is 3. The van der Waals surface area contributed by atoms with Gasteiger partial charge < -0.3 is 10.4 Å². The van der Waals surface area contributed by atoms with E-state index < -0.39 is 5.97 Å². The molecule has 0 aliphatic carbocycles. The lowest BCUT2D eigenvalue weighted by Crippen LogP contribution is -2.11. The third-order valence-corrected chi connectivity index (χ3v) is 3.15. The number of hydrogen-bond donors (Lipinski definition) is 2. The summed E-state index contributed by atoms with van der Waals surface area (Å²) in [5.41, 5.74) is 4.29. The number of aromatic carboxylic acids is 1. The summed E-state index contributed by atoms with van der Waals surface area (Å²) < 4.78 is 0. The van der Waals surface area contributed by atoms with Crippen molar-refractivity contribution in [3.63, 3.8) is 0 Å². The molecule has 0 saturated carbocycles. The number of hydrogen-bond acceptors (Lipinski definition) is 4. The molecule has 0 aromatic carbocycles. The summed E-state index contributed by atoms with van der Waals surface area (Å²) in [6.45, 7) is 6.09. The van der Waals surface area contributed by atoms with Crippen LogP contribution in [0.5, 0.6) is 0 Å². The highest BCUT2D eigenvalue weighted by Gasteiger charge is 2.15. The minimum Gasteiger partial charge on any atom is -0.478 e. The lowest BCUT2D eigenvalue weighted by Gasteiger charge is -2.13. The Labute approximate surface area is 117 Å². The smallest absolute Gasteiger partial charge is 0.339 e. The molecule has 2 aromatic rings. The van der Waals surface area contributed by atoms with Gasteiger partial charge in [0.25, 0.3) is 0 Å². The number of pyridine rings is 2. The number of aromatic nitrogens is 2. The van der Waals surface area contributed by atoms with Gasteiger partial charge in [-0.15, -0.1) is 0 Å². The van der Waals surface area contributed by atoms with Crippen molar-refractivity contribution in [3.05, 3.63) is 52.6 Å². The second-order valence-electron chi connectivity index (χ2n) is 4.73. The van der Waals surface area contributed by atoms with Crippen LogP contribution < -0.4 is 5.32 Å². The summed E-state index contributed by atoms with van der Waals surface area (Å²) in [6, 6.07) is 3.68. The lowest BCUT2D eigenvalue weighted by atomic mass is 10.1. The molecule has 0 radical (unpaired) electrons. The van der Waals surface area contributed by atoms with E-state index in [0.29, 0.717) is 17.9 Å². The maximum atomic E-state index is 11.3. The SMILES string of the molecule is Cc1cc(NCc2ccncc2C)c(C(=O)O)c(C)n1. The van der Waals surface area contributed by atoms with Gasteiger partial charge >= 0.3 is 5.97 Å². The fourth-order valence-electron chi connectivity index (χ4n) is 2.13. The maximum Gasteiger partial charge on any atom is 0.339 e. The molecule has 0 bridgehead atoms. The first-order valence-electron chi connectivity index (χ1n) is 6.34. The molecule has 0 fully saturated rings. The Morgan fingerprint density at radius 1 is 1.35 bits per heavy atom. The van der Waals surface area contributed by atoms with Crippen molar-refractivity contribution in [1.82, 2.24) is 9.97 Å². The van der Waals surface area contributed by atoms with Gasteiger partial charge in [-0.2, -0.15) is 0 Å². The normalized spacial score (nSPS) is 10.3. The van der Waals surface area contributed by atoms with E-state index in [1.807, 2.05) is 19.9 Å². The summed E-state index contributed by atoms with van der Waals surface area (Å²) in [4.78, 5) is 19.6. The Bertz CT molecular complexity index is 654. The Balaban J connectivity index is 2.30. The molecule has 0 saturated heterocycles. The van der Waals surface area contributed by atoms with E-state index in [-0.39, 0.29) is 5.56 Å². The Morgan fingerprint density at radius 2 is 2.10 bits per heavy atom. The van der Waals surface area contributed by atoms with Crippen LogP contribution in [0.4, 0.5) is 5.69 Å². The minimum atomic E-state index is -0.969. The Hall–Kier alpha value is -2.43. The molecule has 104 valence electrons. The summed E-state index contributed by atoms with van der Waals surface area (Å²) in [6.07, 6.45) is 3.52. The van der Waals surface area contributed by atoms with Gasteiger partial charge in [0, 0.05) is 24.6 Å². The number of carboxylic acids is 1. The zero-order chi connectivity index (χ0) is 14.7. The molecule has 5 nitrogen and oxygen atoms in total. The predicted octanol–water partition coefficient (Wildman–Crippen LogP) is 2.71. The molecule has 5 heteroatoms. The average molecular weight is 271 g/mol. The van der Waals surface area contributed by atoms with E-state index >= 15 is 0 Å². The molecule has 0 unspecified atom stereocenters. The Morgan fingerprint density at radius 3 is 2.75 bits per heavy atom. The summed E-state index contributed by atoms with van der Waals surface area (Å²) in [7, 11) is 0. The van der Waals surface area contributed by atoms with Gasteiger partial charge in [-0.05, 0) is 44.0 Å². The molecule has 0 aliphatic heterocycles. The van der Waals surface area contributed by atoms with Gasteiger partial charge in [0.15, 0.2) is 0 Å².